The Bertz CT molecular complexity index is 1010. The van der Waals surface area contributed by atoms with Gasteiger partial charge >= 0.3 is 0 Å². The fourth-order valence-corrected chi connectivity index (χ4v) is 6.57. The Kier molecular flexibility index (Phi) is 5.66. The van der Waals surface area contributed by atoms with Gasteiger partial charge in [-0.05, 0) is 90.7 Å². The number of aliphatic hydroxyl groups is 1. The molecule has 3 atom stereocenters. The molecule has 32 heavy (non-hydrogen) atoms. The van der Waals surface area contributed by atoms with E-state index >= 15 is 0 Å². The molecule has 2 aromatic rings. The Morgan fingerprint density at radius 3 is 2.50 bits per heavy atom. The Morgan fingerprint density at radius 1 is 1.19 bits per heavy atom. The lowest BCUT2D eigenvalue weighted by Crippen LogP contribution is -2.54. The second-order valence-corrected chi connectivity index (χ2v) is 16.1. The molecule has 1 N–H and O–H groups in total. The molecule has 0 aliphatic heterocycles. The lowest BCUT2D eigenvalue weighted by molar-refractivity contribution is -0.150. The van der Waals surface area contributed by atoms with Crippen molar-refractivity contribution in [3.63, 3.8) is 0 Å². The maximum Gasteiger partial charge on any atom is 0.250 e. The smallest absolute Gasteiger partial charge is 0.250 e. The summed E-state index contributed by atoms with van der Waals surface area (Å²) in [7, 11) is -1.91. The molecule has 4 rings (SSSR count). The summed E-state index contributed by atoms with van der Waals surface area (Å²) in [4.78, 5) is 17.5. The number of Topliss-reactive ketones (excluding diaryl/α,β-unsaturated/α-hetero) is 1. The number of hydrogen-bond acceptors (Lipinski definition) is 4. The zero-order valence-electron chi connectivity index (χ0n) is 20.4. The second kappa shape index (κ2) is 7.81. The van der Waals surface area contributed by atoms with Crippen LogP contribution in [0.2, 0.25) is 18.1 Å². The Hall–Kier alpha value is -1.98. The van der Waals surface area contributed by atoms with Crippen molar-refractivity contribution in [1.29, 1.82) is 0 Å². The van der Waals surface area contributed by atoms with Gasteiger partial charge in [0.05, 0.1) is 0 Å². The van der Waals surface area contributed by atoms with E-state index in [0.29, 0.717) is 18.4 Å². The molecule has 2 aliphatic carbocycles. The number of carbonyl (C=O) groups is 1. The largest absolute Gasteiger partial charge is 0.543 e. The zero-order valence-corrected chi connectivity index (χ0v) is 21.4. The lowest BCUT2D eigenvalue weighted by Gasteiger charge is -2.52. The molecule has 0 radical (unpaired) electrons. The summed E-state index contributed by atoms with van der Waals surface area (Å²) in [6.07, 6.45) is 6.99. The molecule has 2 aliphatic rings. The fourth-order valence-electron chi connectivity index (χ4n) is 5.55. The van der Waals surface area contributed by atoms with Crippen LogP contribution < -0.4 is 4.43 Å². The third kappa shape index (κ3) is 3.63. The number of pyridine rings is 1. The normalized spacial score (nSPS) is 28.1. The predicted molar refractivity (Wildman–Crippen MR) is 130 cm³/mol. The van der Waals surface area contributed by atoms with E-state index in [-0.39, 0.29) is 22.2 Å². The first-order valence-corrected chi connectivity index (χ1v) is 14.8. The molecule has 0 bridgehead atoms. The Morgan fingerprint density at radius 2 is 1.88 bits per heavy atom. The number of fused-ring (bicyclic) bond motifs is 3. The third-order valence-corrected chi connectivity index (χ3v) is 13.0. The number of ketones is 1. The van der Waals surface area contributed by atoms with Crippen LogP contribution in [0.1, 0.15) is 70.1 Å². The van der Waals surface area contributed by atoms with Crippen molar-refractivity contribution in [2.45, 2.75) is 88.9 Å². The van der Waals surface area contributed by atoms with E-state index in [1.165, 1.54) is 11.1 Å². The monoisotopic (exact) mass is 451 g/mol. The van der Waals surface area contributed by atoms with E-state index in [2.05, 4.69) is 64.0 Å². The van der Waals surface area contributed by atoms with E-state index in [9.17, 15) is 9.90 Å². The molecule has 5 heteroatoms. The molecule has 172 valence electrons. The first-order valence-electron chi connectivity index (χ1n) is 11.9. The quantitative estimate of drug-likeness (QED) is 0.586. The van der Waals surface area contributed by atoms with E-state index in [4.69, 9.17) is 4.43 Å². The summed E-state index contributed by atoms with van der Waals surface area (Å²) in [6.45, 7) is 13.5. The standard InChI is InChI=1S/C27H37NO3Si/c1-7-26-18-24(29)27(30,20-12-14-28-15-13-20)17-21(26)9-8-19-16-22(10-11-23(19)26)31-32(5,6)25(2,3)4/h10-16,21,30H,7-9,17-18H2,1-6H3/t21-,26?,27?/m1/s1. The van der Waals surface area contributed by atoms with Gasteiger partial charge in [0, 0.05) is 24.2 Å². The summed E-state index contributed by atoms with van der Waals surface area (Å²) < 4.78 is 6.57. The minimum absolute atomic E-state index is 0.0729. The molecule has 2 unspecified atom stereocenters. The van der Waals surface area contributed by atoms with Gasteiger partial charge in [0.15, 0.2) is 5.78 Å². The SMILES string of the molecule is CCC12CC(=O)C(O)(c3ccncc3)C[C@H]1CCc1cc(O[Si](C)(C)C(C)(C)C)ccc12. The van der Waals surface area contributed by atoms with Gasteiger partial charge in [-0.15, -0.1) is 0 Å². The number of benzene rings is 1. The first kappa shape index (κ1) is 23.2. The van der Waals surface area contributed by atoms with Crippen molar-refractivity contribution >= 4 is 14.1 Å². The highest BCUT2D eigenvalue weighted by Gasteiger charge is 2.55. The molecule has 1 aromatic heterocycles. The topological polar surface area (TPSA) is 59.4 Å². The third-order valence-electron chi connectivity index (χ3n) is 8.60. The molecule has 1 aromatic carbocycles. The molecule has 0 spiro atoms. The first-order chi connectivity index (χ1) is 14.9. The number of aryl methyl sites for hydroxylation is 1. The van der Waals surface area contributed by atoms with Crippen LogP contribution in [0, 0.1) is 5.92 Å². The van der Waals surface area contributed by atoms with Crippen LogP contribution in [0.4, 0.5) is 0 Å². The van der Waals surface area contributed by atoms with E-state index in [1.807, 2.05) is 0 Å². The van der Waals surface area contributed by atoms with Crippen molar-refractivity contribution in [2.75, 3.05) is 0 Å². The van der Waals surface area contributed by atoms with Gasteiger partial charge in [-0.1, -0.05) is 33.8 Å². The van der Waals surface area contributed by atoms with Gasteiger partial charge in [0.1, 0.15) is 11.4 Å². The number of hydrogen-bond donors (Lipinski definition) is 1. The van der Waals surface area contributed by atoms with Gasteiger partial charge in [-0.3, -0.25) is 9.78 Å². The average molecular weight is 452 g/mol. The van der Waals surface area contributed by atoms with Crippen molar-refractivity contribution in [3.05, 3.63) is 59.4 Å². The number of nitrogens with zero attached hydrogens (tertiary/aromatic N) is 1. The molecule has 1 heterocycles. The van der Waals surface area contributed by atoms with Crippen LogP contribution in [0.15, 0.2) is 42.7 Å². The summed E-state index contributed by atoms with van der Waals surface area (Å²) in [6, 6.07) is 10.1. The molecule has 0 saturated heterocycles. The molecular weight excluding hydrogens is 414 g/mol. The van der Waals surface area contributed by atoms with Gasteiger partial charge in [-0.25, -0.2) is 0 Å². The van der Waals surface area contributed by atoms with E-state index < -0.39 is 13.9 Å². The van der Waals surface area contributed by atoms with E-state index in [0.717, 1.165) is 25.0 Å². The Labute approximate surface area is 193 Å². The van der Waals surface area contributed by atoms with E-state index in [1.54, 1.807) is 24.5 Å². The summed E-state index contributed by atoms with van der Waals surface area (Å²) in [5.74, 6) is 1.15. The summed E-state index contributed by atoms with van der Waals surface area (Å²) >= 11 is 0. The molecule has 4 nitrogen and oxygen atoms in total. The van der Waals surface area contributed by atoms with Crippen LogP contribution >= 0.6 is 0 Å². The van der Waals surface area contributed by atoms with Gasteiger partial charge in [-0.2, -0.15) is 0 Å². The average Bonchev–Trinajstić information content (AvgIpc) is 2.74. The number of carbonyl (C=O) groups excluding carboxylic acids is 1. The minimum Gasteiger partial charge on any atom is -0.543 e. The fraction of sp³-hybridized carbons (Fsp3) is 0.556. The van der Waals surface area contributed by atoms with Crippen molar-refractivity contribution < 1.29 is 14.3 Å². The Balaban J connectivity index is 1.68. The highest BCUT2D eigenvalue weighted by atomic mass is 28.4. The maximum absolute atomic E-state index is 13.4. The van der Waals surface area contributed by atoms with Gasteiger partial charge in [0.2, 0.25) is 8.32 Å². The van der Waals surface area contributed by atoms with Crippen LogP contribution in [0.3, 0.4) is 0 Å². The highest BCUT2D eigenvalue weighted by Crippen LogP contribution is 2.55. The second-order valence-electron chi connectivity index (χ2n) is 11.3. The van der Waals surface area contributed by atoms with Crippen molar-refractivity contribution in [3.8, 4) is 5.75 Å². The minimum atomic E-state index is -1.91. The van der Waals surface area contributed by atoms with Crippen molar-refractivity contribution in [2.24, 2.45) is 5.92 Å². The molecule has 0 amide bonds. The van der Waals surface area contributed by atoms with Crippen LogP contribution in [0.5, 0.6) is 5.75 Å². The highest BCUT2D eigenvalue weighted by molar-refractivity contribution is 6.74. The lowest BCUT2D eigenvalue weighted by atomic mass is 9.52. The van der Waals surface area contributed by atoms with Gasteiger partial charge < -0.3 is 9.53 Å². The van der Waals surface area contributed by atoms with Crippen LogP contribution in [-0.2, 0) is 22.2 Å². The summed E-state index contributed by atoms with van der Waals surface area (Å²) in [5, 5.41) is 11.6. The number of aromatic nitrogens is 1. The molecule has 1 saturated carbocycles. The zero-order chi connectivity index (χ0) is 23.4. The van der Waals surface area contributed by atoms with Crippen LogP contribution in [0.25, 0.3) is 0 Å². The van der Waals surface area contributed by atoms with Crippen molar-refractivity contribution in [1.82, 2.24) is 4.98 Å². The number of rotatable bonds is 4. The predicted octanol–water partition coefficient (Wildman–Crippen LogP) is 5.93. The summed E-state index contributed by atoms with van der Waals surface area (Å²) in [5.41, 5.74) is 1.64. The molecule has 1 fully saturated rings. The van der Waals surface area contributed by atoms with Crippen LogP contribution in [-0.4, -0.2) is 24.2 Å². The van der Waals surface area contributed by atoms with Gasteiger partial charge in [0.25, 0.3) is 0 Å². The molecular formula is C27H37NO3Si. The maximum atomic E-state index is 13.4.